The fourth-order valence-corrected chi connectivity index (χ4v) is 7.00. The van der Waals surface area contributed by atoms with Crippen molar-refractivity contribution in [2.75, 3.05) is 6.54 Å². The zero-order chi connectivity index (χ0) is 24.1. The summed E-state index contributed by atoms with van der Waals surface area (Å²) in [6, 6.07) is 17.1. The van der Waals surface area contributed by atoms with Gasteiger partial charge in [0.25, 0.3) is 5.01 Å². The predicted molar refractivity (Wildman–Crippen MR) is 149 cm³/mol. The summed E-state index contributed by atoms with van der Waals surface area (Å²) in [5.74, 6) is 6.50. The van der Waals surface area contributed by atoms with E-state index in [4.69, 9.17) is 0 Å². The molecule has 5 heteroatoms. The zero-order valence-corrected chi connectivity index (χ0v) is 22.5. The van der Waals surface area contributed by atoms with Gasteiger partial charge in [0.1, 0.15) is 0 Å². The van der Waals surface area contributed by atoms with Gasteiger partial charge in [0.2, 0.25) is 0 Å². The highest BCUT2D eigenvalue weighted by atomic mass is 32.2. The number of allylic oxidation sites excluding steroid dienone is 1. The number of nitrogens with zero attached hydrogens (tertiary/aromatic N) is 2. The van der Waals surface area contributed by atoms with Crippen molar-refractivity contribution in [2.45, 2.75) is 39.1 Å². The molecule has 4 rings (SSSR count). The molecule has 3 aromatic rings. The van der Waals surface area contributed by atoms with Crippen molar-refractivity contribution in [3.8, 4) is 11.8 Å². The number of benzene rings is 2. The molecule has 0 N–H and O–H groups in total. The summed E-state index contributed by atoms with van der Waals surface area (Å²) in [5.41, 5.74) is 4.93. The van der Waals surface area contributed by atoms with Crippen molar-refractivity contribution < 1.29 is 4.57 Å². The highest BCUT2D eigenvalue weighted by molar-refractivity contribution is 8.09. The average molecular weight is 502 g/mol. The van der Waals surface area contributed by atoms with Crippen molar-refractivity contribution in [3.63, 3.8) is 0 Å². The summed E-state index contributed by atoms with van der Waals surface area (Å²) >= 11 is 5.29. The third kappa shape index (κ3) is 5.36. The lowest BCUT2D eigenvalue weighted by Crippen LogP contribution is -2.34. The van der Waals surface area contributed by atoms with Gasteiger partial charge in [-0.2, -0.15) is 4.57 Å². The Labute approximate surface area is 216 Å². The van der Waals surface area contributed by atoms with Crippen LogP contribution < -0.4 is 4.57 Å². The first kappa shape index (κ1) is 24.5. The van der Waals surface area contributed by atoms with Crippen LogP contribution in [0.15, 0.2) is 92.1 Å². The zero-order valence-electron chi connectivity index (χ0n) is 20.1. The van der Waals surface area contributed by atoms with E-state index in [1.807, 2.05) is 6.92 Å². The summed E-state index contributed by atoms with van der Waals surface area (Å²) in [4.78, 5) is 5.77. The van der Waals surface area contributed by atoms with Crippen LogP contribution in [0.4, 0.5) is 0 Å². The number of rotatable bonds is 6. The Bertz CT molecular complexity index is 1320. The van der Waals surface area contributed by atoms with Gasteiger partial charge in [-0.15, -0.1) is 5.92 Å². The Morgan fingerprint density at radius 2 is 1.94 bits per heavy atom. The van der Waals surface area contributed by atoms with Gasteiger partial charge < -0.3 is 4.90 Å². The fourth-order valence-electron chi connectivity index (χ4n) is 3.74. The van der Waals surface area contributed by atoms with Crippen LogP contribution in [0.2, 0.25) is 0 Å². The topological polar surface area (TPSA) is 7.12 Å². The Hall–Kier alpha value is -2.65. The van der Waals surface area contributed by atoms with Crippen LogP contribution in [0.3, 0.4) is 0 Å². The summed E-state index contributed by atoms with van der Waals surface area (Å²) in [6.45, 7) is 14.6. The van der Waals surface area contributed by atoms with Crippen LogP contribution in [0.1, 0.15) is 35.5 Å². The molecule has 2 aromatic carbocycles. The molecule has 2 nitrogen and oxygen atoms in total. The molecule has 2 heterocycles. The average Bonchev–Trinajstić information content (AvgIpc) is 3.40. The van der Waals surface area contributed by atoms with E-state index in [2.05, 4.69) is 115 Å². The van der Waals surface area contributed by atoms with E-state index < -0.39 is 0 Å². The molecule has 0 spiro atoms. The molecule has 0 saturated carbocycles. The van der Waals surface area contributed by atoms with Crippen LogP contribution >= 0.6 is 34.9 Å². The minimum atomic E-state index is 0.860. The molecule has 0 radical (unpaired) electrons. The van der Waals surface area contributed by atoms with Gasteiger partial charge in [0.05, 0.1) is 32.0 Å². The molecular weight excluding hydrogens is 473 g/mol. The smallest absolute Gasteiger partial charge is 0.264 e. The summed E-state index contributed by atoms with van der Waals surface area (Å²) in [6.07, 6.45) is 4.45. The van der Waals surface area contributed by atoms with E-state index in [1.54, 1.807) is 34.9 Å². The summed E-state index contributed by atoms with van der Waals surface area (Å²) < 4.78 is 2.31. The molecule has 0 aliphatic carbocycles. The number of aromatic nitrogens is 1. The van der Waals surface area contributed by atoms with Gasteiger partial charge in [-0.3, -0.25) is 0 Å². The van der Waals surface area contributed by atoms with Crippen LogP contribution in [-0.4, -0.2) is 11.4 Å². The number of thiazole rings is 1. The lowest BCUT2D eigenvalue weighted by Gasteiger charge is -2.17. The second-order valence-electron chi connectivity index (χ2n) is 7.96. The maximum Gasteiger partial charge on any atom is 0.264 e. The minimum Gasteiger partial charge on any atom is -0.335 e. The van der Waals surface area contributed by atoms with Gasteiger partial charge in [-0.05, 0) is 44.9 Å². The van der Waals surface area contributed by atoms with E-state index in [-0.39, 0.29) is 0 Å². The molecule has 1 aliphatic rings. The van der Waals surface area contributed by atoms with Crippen molar-refractivity contribution in [1.82, 2.24) is 4.90 Å². The highest BCUT2D eigenvalue weighted by Gasteiger charge is 2.30. The maximum absolute atomic E-state index is 4.46. The van der Waals surface area contributed by atoms with E-state index in [9.17, 15) is 0 Å². The first-order chi connectivity index (χ1) is 16.5. The number of hydrogen-bond donors (Lipinski definition) is 0. The van der Waals surface area contributed by atoms with E-state index in [0.29, 0.717) is 0 Å². The minimum absolute atomic E-state index is 0.860. The maximum atomic E-state index is 4.46. The molecule has 1 saturated heterocycles. The molecule has 0 amide bonds. The van der Waals surface area contributed by atoms with Crippen molar-refractivity contribution in [3.05, 3.63) is 109 Å². The lowest BCUT2D eigenvalue weighted by molar-refractivity contribution is -0.685. The van der Waals surface area contributed by atoms with Crippen LogP contribution in [0.5, 0.6) is 0 Å². The molecule has 34 heavy (non-hydrogen) atoms. The Kier molecular flexibility index (Phi) is 8.05. The largest absolute Gasteiger partial charge is 0.335 e. The first-order valence-electron chi connectivity index (χ1n) is 11.3. The van der Waals surface area contributed by atoms with Crippen LogP contribution in [0.25, 0.3) is 6.08 Å². The van der Waals surface area contributed by atoms with Gasteiger partial charge in [-0.1, -0.05) is 89.8 Å². The van der Waals surface area contributed by atoms with Crippen LogP contribution in [-0.2, 0) is 6.54 Å². The number of likely N-dealkylation sites (N-methyl/N-ethyl adjacent to an activating group) is 1. The third-order valence-electron chi connectivity index (χ3n) is 5.74. The van der Waals surface area contributed by atoms with E-state index >= 15 is 0 Å². The number of thioether (sulfide) groups is 2. The second kappa shape index (κ2) is 11.2. The Morgan fingerprint density at radius 1 is 1.15 bits per heavy atom. The molecule has 0 unspecified atom stereocenters. The summed E-state index contributed by atoms with van der Waals surface area (Å²) in [5, 5.41) is 4.58. The predicted octanol–water partition coefficient (Wildman–Crippen LogP) is 7.61. The first-order valence-corrected chi connectivity index (χ1v) is 13.8. The molecular formula is C29H29N2S3+. The monoisotopic (exact) mass is 501 g/mol. The highest BCUT2D eigenvalue weighted by Crippen LogP contribution is 2.49. The van der Waals surface area contributed by atoms with Gasteiger partial charge >= 0.3 is 0 Å². The second-order valence-corrected chi connectivity index (χ2v) is 11.0. The van der Waals surface area contributed by atoms with Crippen molar-refractivity contribution in [2.24, 2.45) is 0 Å². The molecule has 0 bridgehead atoms. The van der Waals surface area contributed by atoms with E-state index in [1.165, 1.54) is 31.6 Å². The fraction of sp³-hybridized carbons (Fsp3) is 0.207. The number of hydrogen-bond acceptors (Lipinski definition) is 4. The standard InChI is InChI=1S/C29H29N2S3/c1-6-12-26(33-25-16-11-13-21(3)22(25)4)29-23(5)31(7-2)28(34-29)19-27-30(17-18-32-27)20-24-14-9-8-10-15-24/h8-11,13-19H,5,7,20H2,1-4H3/q+1/b29-26+. The van der Waals surface area contributed by atoms with Crippen molar-refractivity contribution in [1.29, 1.82) is 0 Å². The molecule has 1 aliphatic heterocycles. The van der Waals surface area contributed by atoms with Gasteiger partial charge in [0, 0.05) is 17.0 Å². The molecule has 0 atom stereocenters. The lowest BCUT2D eigenvalue weighted by atomic mass is 10.1. The molecule has 1 fully saturated rings. The van der Waals surface area contributed by atoms with Crippen molar-refractivity contribution >= 4 is 40.9 Å². The van der Waals surface area contributed by atoms with Crippen LogP contribution in [0, 0.1) is 25.7 Å². The third-order valence-corrected chi connectivity index (χ3v) is 9.09. The quantitative estimate of drug-likeness (QED) is 0.195. The van der Waals surface area contributed by atoms with Gasteiger partial charge in [-0.25, -0.2) is 0 Å². The molecule has 172 valence electrons. The molecule has 1 aromatic heterocycles. The van der Waals surface area contributed by atoms with E-state index in [0.717, 1.165) is 28.6 Å². The number of aryl methyl sites for hydroxylation is 1. The summed E-state index contributed by atoms with van der Waals surface area (Å²) in [7, 11) is 0. The Morgan fingerprint density at radius 3 is 2.68 bits per heavy atom. The normalized spacial score (nSPS) is 16.1. The van der Waals surface area contributed by atoms with Gasteiger partial charge in [0.15, 0.2) is 12.7 Å². The Balaban J connectivity index is 1.69. The SMILES string of the molecule is C=C1/C(=C(/C#CC)Sc2cccc(C)c2C)S/C(=C\c2scc[n+]2Cc2ccccc2)N1CC.